The molecule has 0 spiro atoms. The van der Waals surface area contributed by atoms with Crippen molar-refractivity contribution in [2.45, 2.75) is 13.8 Å². The van der Waals surface area contributed by atoms with E-state index < -0.39 is 5.97 Å². The minimum absolute atomic E-state index is 0.0150. The molecule has 1 aromatic carbocycles. The number of aryl methyl sites for hydroxylation is 1. The SMILES string of the molecule is Cc1cc(-c2cc(C(=O)O)[nH]n2)c(O)c(Br)c1C. The van der Waals surface area contributed by atoms with Gasteiger partial charge in [0.1, 0.15) is 11.4 Å². The van der Waals surface area contributed by atoms with Crippen molar-refractivity contribution < 1.29 is 15.0 Å². The predicted octanol–water partition coefficient (Wildman–Crippen LogP) is 2.86. The summed E-state index contributed by atoms with van der Waals surface area (Å²) < 4.78 is 0.595. The van der Waals surface area contributed by atoms with E-state index in [4.69, 9.17) is 5.11 Å². The van der Waals surface area contributed by atoms with Gasteiger partial charge >= 0.3 is 5.97 Å². The third-order valence-corrected chi connectivity index (χ3v) is 3.80. The Balaban J connectivity index is 2.60. The van der Waals surface area contributed by atoms with Crippen LogP contribution in [0.15, 0.2) is 16.6 Å². The second kappa shape index (κ2) is 4.45. The highest BCUT2D eigenvalue weighted by atomic mass is 79.9. The number of hydrogen-bond acceptors (Lipinski definition) is 3. The molecule has 0 saturated heterocycles. The molecule has 0 bridgehead atoms. The molecule has 0 radical (unpaired) electrons. The molecule has 0 aliphatic heterocycles. The minimum Gasteiger partial charge on any atom is -0.506 e. The van der Waals surface area contributed by atoms with Crippen molar-refractivity contribution in [3.8, 4) is 17.0 Å². The lowest BCUT2D eigenvalue weighted by Gasteiger charge is -2.09. The zero-order chi connectivity index (χ0) is 13.4. The standard InChI is InChI=1S/C12H11BrN2O3/c1-5-3-7(11(16)10(13)6(5)2)8-4-9(12(17)18)15-14-8/h3-4,16H,1-2H3,(H,14,15)(H,17,18). The lowest BCUT2D eigenvalue weighted by molar-refractivity contribution is 0.0690. The van der Waals surface area contributed by atoms with Gasteiger partial charge in [0.15, 0.2) is 0 Å². The van der Waals surface area contributed by atoms with Crippen molar-refractivity contribution in [2.24, 2.45) is 0 Å². The highest BCUT2D eigenvalue weighted by Crippen LogP contribution is 2.38. The van der Waals surface area contributed by atoms with Crippen molar-refractivity contribution in [2.75, 3.05) is 0 Å². The second-order valence-electron chi connectivity index (χ2n) is 4.00. The van der Waals surface area contributed by atoms with Crippen LogP contribution in [0.1, 0.15) is 21.6 Å². The number of nitrogens with one attached hydrogen (secondary N) is 1. The van der Waals surface area contributed by atoms with Crippen LogP contribution in [-0.2, 0) is 0 Å². The number of benzene rings is 1. The third-order valence-electron chi connectivity index (χ3n) is 2.83. The average Bonchev–Trinajstić information content (AvgIpc) is 2.80. The number of carboxylic acid groups (broad SMARTS) is 1. The van der Waals surface area contributed by atoms with E-state index in [1.165, 1.54) is 6.07 Å². The molecule has 18 heavy (non-hydrogen) atoms. The Morgan fingerprint density at radius 2 is 2.06 bits per heavy atom. The number of carbonyl (C=O) groups is 1. The maximum atomic E-state index is 10.8. The van der Waals surface area contributed by atoms with E-state index in [2.05, 4.69) is 26.1 Å². The van der Waals surface area contributed by atoms with E-state index in [0.29, 0.717) is 15.7 Å². The van der Waals surface area contributed by atoms with Crippen molar-refractivity contribution in [1.29, 1.82) is 0 Å². The number of H-pyrrole nitrogens is 1. The molecule has 5 nitrogen and oxygen atoms in total. The smallest absolute Gasteiger partial charge is 0.353 e. The fourth-order valence-electron chi connectivity index (χ4n) is 1.63. The largest absolute Gasteiger partial charge is 0.506 e. The minimum atomic E-state index is -1.09. The first kappa shape index (κ1) is 12.6. The summed E-state index contributed by atoms with van der Waals surface area (Å²) in [5.74, 6) is -1.03. The zero-order valence-corrected chi connectivity index (χ0v) is 11.4. The maximum Gasteiger partial charge on any atom is 0.353 e. The number of aromatic nitrogens is 2. The molecule has 1 aromatic heterocycles. The predicted molar refractivity (Wildman–Crippen MR) is 69.8 cm³/mol. The van der Waals surface area contributed by atoms with Gasteiger partial charge in [0.05, 0.1) is 10.2 Å². The normalized spacial score (nSPS) is 10.6. The van der Waals surface area contributed by atoms with Crippen LogP contribution in [0.2, 0.25) is 0 Å². The fraction of sp³-hybridized carbons (Fsp3) is 0.167. The Bertz CT molecular complexity index is 634. The van der Waals surface area contributed by atoms with Crippen LogP contribution in [0.4, 0.5) is 0 Å². The van der Waals surface area contributed by atoms with Crippen LogP contribution in [0.3, 0.4) is 0 Å². The highest BCUT2D eigenvalue weighted by Gasteiger charge is 2.16. The first-order chi connectivity index (χ1) is 8.41. The van der Waals surface area contributed by atoms with Gasteiger partial charge in [0.2, 0.25) is 0 Å². The maximum absolute atomic E-state index is 10.8. The van der Waals surface area contributed by atoms with Gasteiger partial charge in [0.25, 0.3) is 0 Å². The van der Waals surface area contributed by atoms with Gasteiger partial charge in [0, 0.05) is 5.56 Å². The Kier molecular flexibility index (Phi) is 3.13. The molecule has 0 aliphatic rings. The van der Waals surface area contributed by atoms with Gasteiger partial charge in [-0.15, -0.1) is 0 Å². The summed E-state index contributed by atoms with van der Waals surface area (Å²) in [4.78, 5) is 10.8. The van der Waals surface area contributed by atoms with E-state index in [0.717, 1.165) is 11.1 Å². The summed E-state index contributed by atoms with van der Waals surface area (Å²) in [7, 11) is 0. The monoisotopic (exact) mass is 310 g/mol. The molecule has 3 N–H and O–H groups in total. The molecule has 0 fully saturated rings. The number of carboxylic acids is 1. The van der Waals surface area contributed by atoms with Crippen molar-refractivity contribution >= 4 is 21.9 Å². The third kappa shape index (κ3) is 1.99. The van der Waals surface area contributed by atoms with E-state index in [-0.39, 0.29) is 11.4 Å². The van der Waals surface area contributed by atoms with Gasteiger partial charge in [-0.2, -0.15) is 5.10 Å². The second-order valence-corrected chi connectivity index (χ2v) is 4.79. The summed E-state index contributed by atoms with van der Waals surface area (Å²) in [6, 6.07) is 3.16. The molecule has 1 heterocycles. The fourth-order valence-corrected chi connectivity index (χ4v) is 2.15. The van der Waals surface area contributed by atoms with E-state index >= 15 is 0 Å². The molecule has 6 heteroatoms. The number of phenolic OH excluding ortho intramolecular Hbond substituents is 1. The molecule has 2 rings (SSSR count). The van der Waals surface area contributed by atoms with Crippen molar-refractivity contribution in [1.82, 2.24) is 10.2 Å². The lowest BCUT2D eigenvalue weighted by Crippen LogP contribution is -1.95. The number of hydrogen-bond donors (Lipinski definition) is 3. The van der Waals surface area contributed by atoms with Gasteiger partial charge in [-0.25, -0.2) is 4.79 Å². The first-order valence-corrected chi connectivity index (χ1v) is 5.99. The number of nitrogens with zero attached hydrogens (tertiary/aromatic N) is 1. The molecular weight excluding hydrogens is 300 g/mol. The number of halogens is 1. The lowest BCUT2D eigenvalue weighted by atomic mass is 10.0. The zero-order valence-electron chi connectivity index (χ0n) is 9.78. The summed E-state index contributed by atoms with van der Waals surface area (Å²) >= 11 is 3.31. The highest BCUT2D eigenvalue weighted by molar-refractivity contribution is 9.10. The molecule has 0 unspecified atom stereocenters. The van der Waals surface area contributed by atoms with Crippen LogP contribution < -0.4 is 0 Å². The topological polar surface area (TPSA) is 86.2 Å². The Morgan fingerprint density at radius 3 is 2.61 bits per heavy atom. The van der Waals surface area contributed by atoms with E-state index in [1.54, 1.807) is 6.07 Å². The Labute approximate surface area is 112 Å². The first-order valence-electron chi connectivity index (χ1n) is 5.19. The molecule has 0 saturated carbocycles. The molecule has 0 aliphatic carbocycles. The van der Waals surface area contributed by atoms with Gasteiger partial charge < -0.3 is 10.2 Å². The van der Waals surface area contributed by atoms with E-state index in [1.807, 2.05) is 13.8 Å². The van der Waals surface area contributed by atoms with Crippen LogP contribution in [0, 0.1) is 13.8 Å². The van der Waals surface area contributed by atoms with Crippen LogP contribution in [-0.4, -0.2) is 26.4 Å². The number of aromatic hydroxyl groups is 1. The molecule has 2 aromatic rings. The summed E-state index contributed by atoms with van der Waals surface area (Å²) in [5.41, 5.74) is 2.79. The Hall–Kier alpha value is -1.82. The molecule has 0 amide bonds. The van der Waals surface area contributed by atoms with Crippen molar-refractivity contribution in [3.63, 3.8) is 0 Å². The molecule has 0 atom stereocenters. The summed E-state index contributed by atoms with van der Waals surface area (Å²) in [5, 5.41) is 25.2. The van der Waals surface area contributed by atoms with E-state index in [9.17, 15) is 9.90 Å². The Morgan fingerprint density at radius 1 is 1.39 bits per heavy atom. The average molecular weight is 311 g/mol. The number of phenols is 1. The molecular formula is C12H11BrN2O3. The quantitative estimate of drug-likeness (QED) is 0.796. The van der Waals surface area contributed by atoms with Crippen LogP contribution >= 0.6 is 15.9 Å². The number of rotatable bonds is 2. The van der Waals surface area contributed by atoms with Gasteiger partial charge in [-0.05, 0) is 53.0 Å². The van der Waals surface area contributed by atoms with Crippen molar-refractivity contribution in [3.05, 3.63) is 33.4 Å². The summed E-state index contributed by atoms with van der Waals surface area (Å²) in [6.45, 7) is 3.80. The summed E-state index contributed by atoms with van der Waals surface area (Å²) in [6.07, 6.45) is 0. The van der Waals surface area contributed by atoms with Crippen LogP contribution in [0.25, 0.3) is 11.3 Å². The molecule has 94 valence electrons. The van der Waals surface area contributed by atoms with Gasteiger partial charge in [-0.1, -0.05) is 0 Å². The number of aromatic amines is 1. The van der Waals surface area contributed by atoms with Crippen LogP contribution in [0.5, 0.6) is 5.75 Å². The van der Waals surface area contributed by atoms with Gasteiger partial charge in [-0.3, -0.25) is 5.10 Å². The number of aromatic carboxylic acids is 1.